The van der Waals surface area contributed by atoms with Crippen LogP contribution in [0.1, 0.15) is 28.8 Å². The molecule has 0 saturated carbocycles. The largest absolute Gasteiger partial charge is 0.379 e. The van der Waals surface area contributed by atoms with Crippen LogP contribution in [0.25, 0.3) is 0 Å². The first-order valence-electron chi connectivity index (χ1n) is 9.98. The normalized spacial score (nSPS) is 14.9. The summed E-state index contributed by atoms with van der Waals surface area (Å²) in [6.45, 7) is 1.97. The summed E-state index contributed by atoms with van der Waals surface area (Å²) in [7, 11) is -3.50. The molecule has 3 rings (SSSR count). The lowest BCUT2D eigenvalue weighted by Gasteiger charge is -2.26. The number of Topliss-reactive ketones (excluding diaryl/α,β-unsaturated/α-hetero) is 1. The second kappa shape index (κ2) is 10.5. The minimum Gasteiger partial charge on any atom is -0.379 e. The summed E-state index contributed by atoms with van der Waals surface area (Å²) in [6, 6.07) is 15.6. The molecule has 0 spiro atoms. The number of carbonyl (C=O) groups excluding carboxylic acids is 2. The van der Waals surface area contributed by atoms with E-state index < -0.39 is 10.0 Å². The van der Waals surface area contributed by atoms with E-state index in [1.807, 2.05) is 6.07 Å². The van der Waals surface area contributed by atoms with Crippen molar-refractivity contribution in [1.82, 2.24) is 9.62 Å². The SMILES string of the molecule is O=C(CCC(=O)c1ccccc1)NCCc1ccc(S(=O)(=O)N2CCOCC2)cc1. The van der Waals surface area contributed by atoms with Crippen LogP contribution in [-0.4, -0.2) is 57.3 Å². The Morgan fingerprint density at radius 1 is 0.933 bits per heavy atom. The molecule has 160 valence electrons. The minimum absolute atomic E-state index is 0.0529. The molecule has 1 saturated heterocycles. The monoisotopic (exact) mass is 430 g/mol. The third kappa shape index (κ3) is 5.98. The molecule has 0 radical (unpaired) electrons. The van der Waals surface area contributed by atoms with Crippen LogP contribution >= 0.6 is 0 Å². The molecule has 2 aromatic carbocycles. The van der Waals surface area contributed by atoms with Gasteiger partial charge in [-0.05, 0) is 24.1 Å². The molecule has 1 N–H and O–H groups in total. The number of hydrogen-bond donors (Lipinski definition) is 1. The van der Waals surface area contributed by atoms with Crippen molar-refractivity contribution in [3.63, 3.8) is 0 Å². The third-order valence-electron chi connectivity index (χ3n) is 4.94. The molecule has 8 heteroatoms. The first-order chi connectivity index (χ1) is 14.5. The van der Waals surface area contributed by atoms with E-state index in [2.05, 4.69) is 5.32 Å². The molecule has 0 bridgehead atoms. The van der Waals surface area contributed by atoms with Gasteiger partial charge in [-0.25, -0.2) is 8.42 Å². The molecule has 30 heavy (non-hydrogen) atoms. The Labute approximate surface area is 177 Å². The molecular formula is C22H26N2O5S. The summed E-state index contributed by atoms with van der Waals surface area (Å²) >= 11 is 0. The maximum Gasteiger partial charge on any atom is 0.243 e. The molecule has 0 unspecified atom stereocenters. The van der Waals surface area contributed by atoms with Crippen molar-refractivity contribution < 1.29 is 22.7 Å². The summed E-state index contributed by atoms with van der Waals surface area (Å²) in [5, 5.41) is 2.80. The van der Waals surface area contributed by atoms with Crippen LogP contribution in [0, 0.1) is 0 Å². The molecule has 0 aliphatic carbocycles. The highest BCUT2D eigenvalue weighted by molar-refractivity contribution is 7.89. The number of carbonyl (C=O) groups is 2. The number of ketones is 1. The maximum absolute atomic E-state index is 12.6. The van der Waals surface area contributed by atoms with Gasteiger partial charge >= 0.3 is 0 Å². The highest BCUT2D eigenvalue weighted by atomic mass is 32.2. The van der Waals surface area contributed by atoms with E-state index >= 15 is 0 Å². The summed E-state index contributed by atoms with van der Waals surface area (Å²) < 4.78 is 31.9. The molecule has 2 aromatic rings. The summed E-state index contributed by atoms with van der Waals surface area (Å²) in [6.07, 6.45) is 0.894. The first kappa shape index (κ1) is 22.1. The van der Waals surface area contributed by atoms with Gasteiger partial charge in [0.2, 0.25) is 15.9 Å². The van der Waals surface area contributed by atoms with Crippen molar-refractivity contribution in [2.45, 2.75) is 24.2 Å². The lowest BCUT2D eigenvalue weighted by molar-refractivity contribution is -0.121. The molecule has 0 aromatic heterocycles. The number of morpholine rings is 1. The minimum atomic E-state index is -3.50. The lowest BCUT2D eigenvalue weighted by atomic mass is 10.1. The van der Waals surface area contributed by atoms with Gasteiger partial charge in [0, 0.05) is 38.0 Å². The molecule has 1 aliphatic rings. The van der Waals surface area contributed by atoms with Crippen LogP contribution in [0.3, 0.4) is 0 Å². The van der Waals surface area contributed by atoms with Gasteiger partial charge in [-0.3, -0.25) is 9.59 Å². The first-order valence-corrected chi connectivity index (χ1v) is 11.4. The van der Waals surface area contributed by atoms with E-state index in [0.29, 0.717) is 44.8 Å². The zero-order chi connectivity index (χ0) is 21.4. The number of ether oxygens (including phenoxy) is 1. The number of nitrogens with zero attached hydrogens (tertiary/aromatic N) is 1. The second-order valence-electron chi connectivity index (χ2n) is 7.05. The van der Waals surface area contributed by atoms with Crippen molar-refractivity contribution in [1.29, 1.82) is 0 Å². The van der Waals surface area contributed by atoms with Crippen molar-refractivity contribution >= 4 is 21.7 Å². The Morgan fingerprint density at radius 3 is 2.27 bits per heavy atom. The Hall–Kier alpha value is -2.55. The number of rotatable bonds is 9. The quantitative estimate of drug-likeness (QED) is 0.615. The van der Waals surface area contributed by atoms with E-state index in [1.165, 1.54) is 4.31 Å². The van der Waals surface area contributed by atoms with Crippen LogP contribution < -0.4 is 5.32 Å². The number of nitrogens with one attached hydrogen (secondary N) is 1. The van der Waals surface area contributed by atoms with Crippen LogP contribution in [0.4, 0.5) is 0 Å². The Morgan fingerprint density at radius 2 is 1.60 bits per heavy atom. The Bertz CT molecular complexity index is 953. The molecule has 1 aliphatic heterocycles. The van der Waals surface area contributed by atoms with E-state index in [9.17, 15) is 18.0 Å². The highest BCUT2D eigenvalue weighted by Crippen LogP contribution is 2.17. The fourth-order valence-corrected chi connectivity index (χ4v) is 4.60. The van der Waals surface area contributed by atoms with Crippen molar-refractivity contribution in [3.8, 4) is 0 Å². The summed E-state index contributed by atoms with van der Waals surface area (Å²) in [4.78, 5) is 24.3. The van der Waals surface area contributed by atoms with E-state index in [-0.39, 0.29) is 29.4 Å². The van der Waals surface area contributed by atoms with E-state index in [0.717, 1.165) is 5.56 Å². The maximum atomic E-state index is 12.6. The predicted molar refractivity (Wildman–Crippen MR) is 113 cm³/mol. The number of benzene rings is 2. The smallest absolute Gasteiger partial charge is 0.243 e. The molecular weight excluding hydrogens is 404 g/mol. The Balaban J connectivity index is 1.42. The number of sulfonamides is 1. The van der Waals surface area contributed by atoms with E-state index in [4.69, 9.17) is 4.74 Å². The van der Waals surface area contributed by atoms with Gasteiger partial charge in [0.15, 0.2) is 5.78 Å². The Kier molecular flexibility index (Phi) is 7.73. The zero-order valence-corrected chi connectivity index (χ0v) is 17.6. The highest BCUT2D eigenvalue weighted by Gasteiger charge is 2.26. The molecule has 7 nitrogen and oxygen atoms in total. The van der Waals surface area contributed by atoms with Gasteiger partial charge in [0.05, 0.1) is 18.1 Å². The van der Waals surface area contributed by atoms with Gasteiger partial charge < -0.3 is 10.1 Å². The number of hydrogen-bond acceptors (Lipinski definition) is 5. The van der Waals surface area contributed by atoms with Crippen LogP contribution in [0.2, 0.25) is 0 Å². The lowest BCUT2D eigenvalue weighted by Crippen LogP contribution is -2.40. The van der Waals surface area contributed by atoms with Crippen LogP contribution in [-0.2, 0) is 26.0 Å². The predicted octanol–water partition coefficient (Wildman–Crippen LogP) is 2.03. The van der Waals surface area contributed by atoms with Crippen molar-refractivity contribution in [2.75, 3.05) is 32.8 Å². The van der Waals surface area contributed by atoms with Gasteiger partial charge in [0.1, 0.15) is 0 Å². The third-order valence-corrected chi connectivity index (χ3v) is 6.85. The molecule has 1 heterocycles. The van der Waals surface area contributed by atoms with Crippen LogP contribution in [0.15, 0.2) is 59.5 Å². The van der Waals surface area contributed by atoms with Crippen LogP contribution in [0.5, 0.6) is 0 Å². The number of amides is 1. The van der Waals surface area contributed by atoms with Crippen molar-refractivity contribution in [2.24, 2.45) is 0 Å². The molecule has 1 fully saturated rings. The average molecular weight is 431 g/mol. The molecule has 0 atom stereocenters. The van der Waals surface area contributed by atoms with E-state index in [1.54, 1.807) is 48.5 Å². The summed E-state index contributed by atoms with van der Waals surface area (Å²) in [5.41, 5.74) is 1.54. The average Bonchev–Trinajstić information content (AvgIpc) is 2.79. The standard InChI is InChI=1S/C22H26N2O5S/c25-21(19-4-2-1-3-5-19)10-11-22(26)23-13-12-18-6-8-20(9-7-18)30(27,28)24-14-16-29-17-15-24/h1-9H,10-17H2,(H,23,26). The van der Waals surface area contributed by atoms with Gasteiger partial charge in [0.25, 0.3) is 0 Å². The fraction of sp³-hybridized carbons (Fsp3) is 0.364. The van der Waals surface area contributed by atoms with Gasteiger partial charge in [-0.15, -0.1) is 0 Å². The van der Waals surface area contributed by atoms with Gasteiger partial charge in [-0.2, -0.15) is 4.31 Å². The summed E-state index contributed by atoms with van der Waals surface area (Å²) in [5.74, 6) is -0.228. The van der Waals surface area contributed by atoms with Gasteiger partial charge in [-0.1, -0.05) is 42.5 Å². The molecule has 1 amide bonds. The van der Waals surface area contributed by atoms with Crippen molar-refractivity contribution in [3.05, 3.63) is 65.7 Å². The zero-order valence-electron chi connectivity index (χ0n) is 16.7. The fourth-order valence-electron chi connectivity index (χ4n) is 3.19. The second-order valence-corrected chi connectivity index (χ2v) is 8.99. The topological polar surface area (TPSA) is 92.8 Å².